The van der Waals surface area contributed by atoms with Gasteiger partial charge in [-0.3, -0.25) is 9.48 Å². The number of nitrogens with zero attached hydrogens (tertiary/aromatic N) is 3. The van der Waals surface area contributed by atoms with E-state index in [4.69, 9.17) is 0 Å². The molecule has 6 heteroatoms. The van der Waals surface area contributed by atoms with E-state index in [0.29, 0.717) is 25.3 Å². The Bertz CT molecular complexity index is 402. The van der Waals surface area contributed by atoms with Crippen molar-refractivity contribution in [3.63, 3.8) is 0 Å². The molecule has 0 saturated heterocycles. The van der Waals surface area contributed by atoms with Gasteiger partial charge in [-0.1, -0.05) is 6.92 Å². The Morgan fingerprint density at radius 1 is 1.53 bits per heavy atom. The molecule has 0 bridgehead atoms. The molecule has 0 aliphatic rings. The largest absolute Gasteiger partial charge is 0.480 e. The maximum absolute atomic E-state index is 11.2. The summed E-state index contributed by atoms with van der Waals surface area (Å²) in [6.45, 7) is 8.44. The lowest BCUT2D eigenvalue weighted by atomic mass is 9.98. The summed E-state index contributed by atoms with van der Waals surface area (Å²) in [6, 6.07) is 0. The molecule has 0 radical (unpaired) electrons. The van der Waals surface area contributed by atoms with Crippen molar-refractivity contribution in [1.29, 1.82) is 0 Å². The van der Waals surface area contributed by atoms with Gasteiger partial charge in [-0.2, -0.15) is 5.10 Å². The SMILES string of the molecule is CCNC(C)(CCn1nc(C)nc1C)C(=O)O. The summed E-state index contributed by atoms with van der Waals surface area (Å²) >= 11 is 0. The number of rotatable bonds is 6. The molecule has 0 aliphatic carbocycles. The fourth-order valence-electron chi connectivity index (χ4n) is 1.76. The van der Waals surface area contributed by atoms with Crippen LogP contribution in [0.15, 0.2) is 0 Å². The molecule has 0 fully saturated rings. The first-order valence-electron chi connectivity index (χ1n) is 5.75. The summed E-state index contributed by atoms with van der Waals surface area (Å²) in [4.78, 5) is 15.4. The standard InChI is InChI=1S/C11H20N4O2/c1-5-12-11(4,10(16)17)6-7-15-9(3)13-8(2)14-15/h12H,5-7H2,1-4H3,(H,16,17). The first-order valence-corrected chi connectivity index (χ1v) is 5.75. The summed E-state index contributed by atoms with van der Waals surface area (Å²) < 4.78 is 1.74. The summed E-state index contributed by atoms with van der Waals surface area (Å²) in [7, 11) is 0. The number of aryl methyl sites for hydroxylation is 3. The molecule has 0 spiro atoms. The highest BCUT2D eigenvalue weighted by Crippen LogP contribution is 2.12. The van der Waals surface area contributed by atoms with Crippen LogP contribution in [0, 0.1) is 13.8 Å². The van der Waals surface area contributed by atoms with Gasteiger partial charge >= 0.3 is 5.97 Å². The van der Waals surface area contributed by atoms with Crippen molar-refractivity contribution in [3.8, 4) is 0 Å². The highest BCUT2D eigenvalue weighted by molar-refractivity contribution is 5.78. The molecule has 0 saturated carbocycles. The van der Waals surface area contributed by atoms with Crippen molar-refractivity contribution >= 4 is 5.97 Å². The van der Waals surface area contributed by atoms with Crippen LogP contribution in [0.1, 0.15) is 31.9 Å². The highest BCUT2D eigenvalue weighted by Gasteiger charge is 2.31. The lowest BCUT2D eigenvalue weighted by Gasteiger charge is -2.25. The highest BCUT2D eigenvalue weighted by atomic mass is 16.4. The van der Waals surface area contributed by atoms with E-state index in [0.717, 1.165) is 5.82 Å². The number of hydrogen-bond acceptors (Lipinski definition) is 4. The smallest absolute Gasteiger partial charge is 0.323 e. The zero-order valence-corrected chi connectivity index (χ0v) is 10.8. The quantitative estimate of drug-likeness (QED) is 0.766. The first-order chi connectivity index (χ1) is 7.89. The van der Waals surface area contributed by atoms with Gasteiger partial charge in [0.15, 0.2) is 0 Å². The van der Waals surface area contributed by atoms with Crippen LogP contribution in [0.2, 0.25) is 0 Å². The van der Waals surface area contributed by atoms with E-state index < -0.39 is 11.5 Å². The van der Waals surface area contributed by atoms with Gasteiger partial charge in [0.25, 0.3) is 0 Å². The molecule has 1 atom stereocenters. The number of aromatic nitrogens is 3. The Morgan fingerprint density at radius 2 is 2.18 bits per heavy atom. The molecule has 17 heavy (non-hydrogen) atoms. The van der Waals surface area contributed by atoms with Gasteiger partial charge < -0.3 is 10.4 Å². The molecule has 96 valence electrons. The predicted molar refractivity (Wildman–Crippen MR) is 63.8 cm³/mol. The third kappa shape index (κ3) is 3.26. The number of carboxylic acid groups (broad SMARTS) is 1. The topological polar surface area (TPSA) is 80.0 Å². The van der Waals surface area contributed by atoms with Crippen LogP contribution in [0.25, 0.3) is 0 Å². The summed E-state index contributed by atoms with van der Waals surface area (Å²) in [5.74, 6) is 0.684. The molecule has 1 aromatic heterocycles. The van der Waals surface area contributed by atoms with Gasteiger partial charge in [0.1, 0.15) is 17.2 Å². The van der Waals surface area contributed by atoms with Crippen LogP contribution >= 0.6 is 0 Å². The van der Waals surface area contributed by atoms with Gasteiger partial charge in [-0.25, -0.2) is 4.98 Å². The van der Waals surface area contributed by atoms with Crippen molar-refractivity contribution in [2.75, 3.05) is 6.54 Å². The molecule has 0 aromatic carbocycles. The van der Waals surface area contributed by atoms with E-state index in [2.05, 4.69) is 15.4 Å². The summed E-state index contributed by atoms with van der Waals surface area (Å²) in [5.41, 5.74) is -0.916. The summed E-state index contributed by atoms with van der Waals surface area (Å²) in [6.07, 6.45) is 0.472. The Hall–Kier alpha value is -1.43. The molecular formula is C11H20N4O2. The minimum Gasteiger partial charge on any atom is -0.480 e. The van der Waals surface area contributed by atoms with Crippen LogP contribution in [0.3, 0.4) is 0 Å². The van der Waals surface area contributed by atoms with Crippen LogP contribution in [-0.4, -0.2) is 37.9 Å². The van der Waals surface area contributed by atoms with Gasteiger partial charge in [-0.05, 0) is 33.7 Å². The van der Waals surface area contributed by atoms with Crippen molar-refractivity contribution in [2.24, 2.45) is 0 Å². The number of carboxylic acids is 1. The number of carbonyl (C=O) groups is 1. The van der Waals surface area contributed by atoms with Gasteiger partial charge in [0, 0.05) is 6.54 Å². The van der Waals surface area contributed by atoms with Crippen molar-refractivity contribution in [2.45, 2.75) is 46.2 Å². The second-order valence-corrected chi connectivity index (χ2v) is 4.35. The predicted octanol–water partition coefficient (Wildman–Crippen LogP) is 0.738. The zero-order valence-electron chi connectivity index (χ0n) is 10.8. The van der Waals surface area contributed by atoms with E-state index in [1.165, 1.54) is 0 Å². The number of nitrogens with one attached hydrogen (secondary N) is 1. The summed E-state index contributed by atoms with van der Waals surface area (Å²) in [5, 5.41) is 16.4. The Balaban J connectivity index is 2.70. The fraction of sp³-hybridized carbons (Fsp3) is 0.727. The minimum absolute atomic E-state index is 0.472. The number of hydrogen-bond donors (Lipinski definition) is 2. The Labute approximate surface area is 101 Å². The first kappa shape index (κ1) is 13.6. The molecule has 1 unspecified atom stereocenters. The number of aliphatic carboxylic acids is 1. The van der Waals surface area contributed by atoms with Gasteiger partial charge in [-0.15, -0.1) is 0 Å². The van der Waals surface area contributed by atoms with E-state index in [-0.39, 0.29) is 0 Å². The second-order valence-electron chi connectivity index (χ2n) is 4.35. The Morgan fingerprint density at radius 3 is 2.59 bits per heavy atom. The molecule has 1 aromatic rings. The maximum atomic E-state index is 11.2. The van der Waals surface area contributed by atoms with Crippen LogP contribution in [0.4, 0.5) is 0 Å². The number of likely N-dealkylation sites (N-methyl/N-ethyl adjacent to an activating group) is 1. The van der Waals surface area contributed by atoms with E-state index in [1.807, 2.05) is 20.8 Å². The van der Waals surface area contributed by atoms with Gasteiger partial charge in [0.2, 0.25) is 0 Å². The molecular weight excluding hydrogens is 220 g/mol. The Kier molecular flexibility index (Phi) is 4.22. The van der Waals surface area contributed by atoms with Crippen LogP contribution < -0.4 is 5.32 Å². The molecule has 6 nitrogen and oxygen atoms in total. The lowest BCUT2D eigenvalue weighted by molar-refractivity contribution is -0.144. The fourth-order valence-corrected chi connectivity index (χ4v) is 1.76. The van der Waals surface area contributed by atoms with E-state index in [9.17, 15) is 9.90 Å². The van der Waals surface area contributed by atoms with Crippen molar-refractivity contribution in [1.82, 2.24) is 20.1 Å². The second kappa shape index (κ2) is 5.27. The third-order valence-electron chi connectivity index (χ3n) is 2.83. The molecule has 1 rings (SSSR count). The molecule has 1 heterocycles. The minimum atomic E-state index is -0.916. The molecule has 2 N–H and O–H groups in total. The van der Waals surface area contributed by atoms with Crippen molar-refractivity contribution in [3.05, 3.63) is 11.6 Å². The molecule has 0 aliphatic heterocycles. The monoisotopic (exact) mass is 240 g/mol. The zero-order chi connectivity index (χ0) is 13.1. The van der Waals surface area contributed by atoms with Crippen LogP contribution in [-0.2, 0) is 11.3 Å². The average Bonchev–Trinajstić information content (AvgIpc) is 2.54. The maximum Gasteiger partial charge on any atom is 0.323 e. The van der Waals surface area contributed by atoms with Gasteiger partial charge in [0.05, 0.1) is 0 Å². The van der Waals surface area contributed by atoms with E-state index >= 15 is 0 Å². The average molecular weight is 240 g/mol. The third-order valence-corrected chi connectivity index (χ3v) is 2.83. The normalized spacial score (nSPS) is 14.6. The molecule has 0 amide bonds. The van der Waals surface area contributed by atoms with Crippen LogP contribution in [0.5, 0.6) is 0 Å². The van der Waals surface area contributed by atoms with E-state index in [1.54, 1.807) is 11.6 Å². The lowest BCUT2D eigenvalue weighted by Crippen LogP contribution is -2.50. The van der Waals surface area contributed by atoms with Crippen molar-refractivity contribution < 1.29 is 9.90 Å².